The van der Waals surface area contributed by atoms with Gasteiger partial charge in [0.15, 0.2) is 0 Å². The number of aromatic nitrogens is 2. The van der Waals surface area contributed by atoms with E-state index >= 15 is 4.39 Å². The van der Waals surface area contributed by atoms with E-state index in [-0.39, 0.29) is 18.2 Å². The summed E-state index contributed by atoms with van der Waals surface area (Å²) in [5, 5.41) is 3.62. The number of hydroxylamine groups is 2. The molecule has 0 aliphatic carbocycles. The Morgan fingerprint density at radius 1 is 0.638 bits per heavy atom. The zero-order valence-electron chi connectivity index (χ0n) is 22.7. The molecular formula is C23H17F20N3O. The molecule has 1 atom stereocenters. The van der Waals surface area contributed by atoms with Gasteiger partial charge in [0.25, 0.3) is 5.95 Å². The Morgan fingerprint density at radius 3 is 1.60 bits per heavy atom. The van der Waals surface area contributed by atoms with Crippen molar-refractivity contribution < 1.29 is 92.6 Å². The standard InChI is InChI=1S/C23H17F20N3O/c1-2-3-4-5-6-7-10-8-9-11(45-44-10)16(28)14(26)12(24)13(25)15(27)46(16)47-23(42,43)21(37,38)19(33,34)17(29,30)18(31,32)20(35,36)22(39,40)41/h8-9H,2-7H2,1H3. The highest BCUT2D eigenvalue weighted by Gasteiger charge is 2.94. The maximum atomic E-state index is 15.8. The maximum absolute atomic E-state index is 15.8. The molecule has 270 valence electrons. The second-order valence-electron chi connectivity index (χ2n) is 9.70. The Hall–Kier alpha value is -3.08. The monoisotopic (exact) mass is 731 g/mol. The number of rotatable bonds is 14. The molecule has 1 aromatic heterocycles. The van der Waals surface area contributed by atoms with E-state index in [1.165, 1.54) is 0 Å². The van der Waals surface area contributed by atoms with Crippen LogP contribution in [0.1, 0.15) is 50.4 Å². The second kappa shape index (κ2) is 12.7. The Balaban J connectivity index is 2.61. The van der Waals surface area contributed by atoms with Crippen molar-refractivity contribution >= 4 is 0 Å². The zero-order valence-corrected chi connectivity index (χ0v) is 22.7. The third-order valence-corrected chi connectivity index (χ3v) is 6.42. The molecule has 0 saturated carbocycles. The van der Waals surface area contributed by atoms with E-state index in [4.69, 9.17) is 0 Å². The average Bonchev–Trinajstić information content (AvgIpc) is 2.96. The van der Waals surface area contributed by atoms with Crippen LogP contribution in [0.15, 0.2) is 35.6 Å². The molecule has 24 heteroatoms. The summed E-state index contributed by atoms with van der Waals surface area (Å²) in [5.74, 6) is -62.4. The molecule has 0 amide bonds. The van der Waals surface area contributed by atoms with Gasteiger partial charge in [-0.05, 0) is 25.0 Å². The highest BCUT2D eigenvalue weighted by molar-refractivity contribution is 5.37. The summed E-state index contributed by atoms with van der Waals surface area (Å²) in [5.41, 5.74) is -2.16. The minimum Gasteiger partial charge on any atom is -0.202 e. The van der Waals surface area contributed by atoms with Crippen molar-refractivity contribution in [2.75, 3.05) is 0 Å². The van der Waals surface area contributed by atoms with Gasteiger partial charge in [-0.3, -0.25) is 0 Å². The Bertz CT molecular complexity index is 1340. The first-order valence-corrected chi connectivity index (χ1v) is 12.5. The molecule has 4 nitrogen and oxygen atoms in total. The van der Waals surface area contributed by atoms with Crippen LogP contribution >= 0.6 is 0 Å². The summed E-state index contributed by atoms with van der Waals surface area (Å²) in [6.07, 6.45) is -12.6. The van der Waals surface area contributed by atoms with Crippen LogP contribution < -0.4 is 0 Å². The molecule has 0 saturated heterocycles. The fourth-order valence-electron chi connectivity index (χ4n) is 3.67. The lowest BCUT2D eigenvalue weighted by atomic mass is 9.93. The van der Waals surface area contributed by atoms with Crippen molar-refractivity contribution in [2.24, 2.45) is 0 Å². The number of hydrogen-bond acceptors (Lipinski definition) is 4. The molecule has 47 heavy (non-hydrogen) atoms. The molecule has 1 unspecified atom stereocenters. The van der Waals surface area contributed by atoms with E-state index in [1.807, 2.05) is 6.92 Å². The first kappa shape index (κ1) is 40.1. The SMILES string of the molecule is CCCCCCCc1ccc(C2(F)C(F)=C(F)C(F)=C(F)N2OC(F)(F)C(F)(F)C(F)(F)C(F)(F)C(F)(F)C(F)(F)C(F)(F)F)nn1. The Labute approximate surface area is 249 Å². The lowest BCUT2D eigenvalue weighted by molar-refractivity contribution is -0.501. The predicted octanol–water partition coefficient (Wildman–Crippen LogP) is 9.95. The molecule has 1 aliphatic heterocycles. The number of aryl methyl sites for hydroxylation is 1. The van der Waals surface area contributed by atoms with Gasteiger partial charge in [0, 0.05) is 0 Å². The normalized spacial score (nSPS) is 19.6. The number of allylic oxidation sites excluding steroid dienone is 2. The summed E-state index contributed by atoms with van der Waals surface area (Å²) in [6, 6.07) is 0.775. The number of nitrogens with zero attached hydrogens (tertiary/aromatic N) is 3. The second-order valence-corrected chi connectivity index (χ2v) is 9.70. The smallest absolute Gasteiger partial charge is 0.202 e. The third-order valence-electron chi connectivity index (χ3n) is 6.42. The van der Waals surface area contributed by atoms with E-state index < -0.39 is 81.9 Å². The fourth-order valence-corrected chi connectivity index (χ4v) is 3.67. The van der Waals surface area contributed by atoms with Crippen molar-refractivity contribution in [3.05, 3.63) is 47.0 Å². The summed E-state index contributed by atoms with van der Waals surface area (Å²) >= 11 is 0. The molecule has 0 aromatic carbocycles. The van der Waals surface area contributed by atoms with Gasteiger partial charge in [0.2, 0.25) is 17.5 Å². The van der Waals surface area contributed by atoms with Crippen LogP contribution in [-0.4, -0.2) is 57.2 Å². The first-order chi connectivity index (χ1) is 21.0. The van der Waals surface area contributed by atoms with Crippen LogP contribution in [0, 0.1) is 0 Å². The molecule has 0 spiro atoms. The largest absolute Gasteiger partial charge is 0.460 e. The van der Waals surface area contributed by atoms with Crippen LogP contribution in [0.3, 0.4) is 0 Å². The van der Waals surface area contributed by atoms with E-state index in [0.717, 1.165) is 12.8 Å². The topological polar surface area (TPSA) is 38.2 Å². The highest BCUT2D eigenvalue weighted by Crippen LogP contribution is 2.63. The number of hydrogen-bond donors (Lipinski definition) is 0. The first-order valence-electron chi connectivity index (χ1n) is 12.5. The zero-order chi connectivity index (χ0) is 36.8. The van der Waals surface area contributed by atoms with Gasteiger partial charge < -0.3 is 0 Å². The Kier molecular flexibility index (Phi) is 10.9. The van der Waals surface area contributed by atoms with Gasteiger partial charge in [0.05, 0.1) is 5.69 Å². The van der Waals surface area contributed by atoms with Gasteiger partial charge in [-0.1, -0.05) is 32.6 Å². The van der Waals surface area contributed by atoms with Gasteiger partial charge in [-0.25, -0.2) is 13.2 Å². The van der Waals surface area contributed by atoms with E-state index in [2.05, 4.69) is 15.0 Å². The maximum Gasteiger partial charge on any atom is 0.460 e. The lowest BCUT2D eigenvalue weighted by Gasteiger charge is -2.43. The van der Waals surface area contributed by atoms with Crippen LogP contribution in [-0.2, 0) is 17.1 Å². The molecule has 1 aliphatic rings. The fraction of sp³-hybridized carbons (Fsp3) is 0.652. The van der Waals surface area contributed by atoms with Crippen LogP contribution in [0.4, 0.5) is 87.8 Å². The molecule has 1 aromatic rings. The average molecular weight is 731 g/mol. The van der Waals surface area contributed by atoms with E-state index in [9.17, 15) is 83.4 Å². The lowest BCUT2D eigenvalue weighted by Crippen LogP contribution is -2.73. The van der Waals surface area contributed by atoms with Gasteiger partial charge in [0.1, 0.15) is 5.69 Å². The van der Waals surface area contributed by atoms with Gasteiger partial charge >= 0.3 is 47.7 Å². The quantitative estimate of drug-likeness (QED) is 0.109. The van der Waals surface area contributed by atoms with Crippen LogP contribution in [0.25, 0.3) is 0 Å². The van der Waals surface area contributed by atoms with Crippen molar-refractivity contribution in [1.29, 1.82) is 0 Å². The minimum atomic E-state index is -8.82. The Morgan fingerprint density at radius 2 is 1.13 bits per heavy atom. The molecule has 0 radical (unpaired) electrons. The van der Waals surface area contributed by atoms with Crippen LogP contribution in [0.5, 0.6) is 0 Å². The van der Waals surface area contributed by atoms with Crippen molar-refractivity contribution in [3.8, 4) is 0 Å². The third kappa shape index (κ3) is 6.29. The minimum absolute atomic E-state index is 0.00231. The number of unbranched alkanes of at least 4 members (excludes halogenated alkanes) is 4. The van der Waals surface area contributed by atoms with E-state index in [1.54, 1.807) is 0 Å². The highest BCUT2D eigenvalue weighted by atomic mass is 19.4. The van der Waals surface area contributed by atoms with E-state index in [0.29, 0.717) is 25.3 Å². The van der Waals surface area contributed by atoms with Crippen molar-refractivity contribution in [3.63, 3.8) is 0 Å². The molecule has 2 rings (SSSR count). The summed E-state index contributed by atoms with van der Waals surface area (Å²) in [7, 11) is 0. The molecule has 0 fully saturated rings. The van der Waals surface area contributed by atoms with Crippen LogP contribution in [0.2, 0.25) is 0 Å². The molecule has 2 heterocycles. The number of halogens is 20. The molecule has 0 N–H and O–H groups in total. The summed E-state index contributed by atoms with van der Waals surface area (Å²) in [4.78, 5) is 2.52. The summed E-state index contributed by atoms with van der Waals surface area (Å²) < 4.78 is 275. The van der Waals surface area contributed by atoms with Gasteiger partial charge in [-0.2, -0.15) is 89.6 Å². The predicted molar refractivity (Wildman–Crippen MR) is 114 cm³/mol. The molecule has 0 bridgehead atoms. The molecular weight excluding hydrogens is 714 g/mol. The van der Waals surface area contributed by atoms with Crippen molar-refractivity contribution in [1.82, 2.24) is 15.3 Å². The van der Waals surface area contributed by atoms with Crippen molar-refractivity contribution in [2.45, 2.75) is 93.1 Å². The van der Waals surface area contributed by atoms with Gasteiger partial charge in [-0.15, -0.1) is 5.10 Å². The summed E-state index contributed by atoms with van der Waals surface area (Å²) in [6.45, 7) is 1.87. The number of alkyl halides is 16.